The number of methoxy groups -OCH3 is 1. The summed E-state index contributed by atoms with van der Waals surface area (Å²) in [6.45, 7) is 5.29. The topological polar surface area (TPSA) is 44.8 Å². The van der Waals surface area contributed by atoms with E-state index in [2.05, 4.69) is 11.3 Å². The molecule has 0 saturated carbocycles. The van der Waals surface area contributed by atoms with Crippen LogP contribution in [-0.2, 0) is 19.0 Å². The van der Waals surface area contributed by atoms with Crippen molar-refractivity contribution in [2.45, 2.75) is 18.9 Å². The molecule has 0 atom stereocenters. The third-order valence-electron chi connectivity index (χ3n) is 2.14. The van der Waals surface area contributed by atoms with Gasteiger partial charge in [-0.25, -0.2) is 4.79 Å². The van der Waals surface area contributed by atoms with Crippen LogP contribution in [0.5, 0.6) is 0 Å². The predicted octanol–water partition coefficient (Wildman–Crippen LogP) is 0.911. The molecule has 1 heterocycles. The van der Waals surface area contributed by atoms with Gasteiger partial charge in [0.1, 0.15) is 0 Å². The molecular formula is C10H16O4. The molecule has 1 aliphatic heterocycles. The number of esters is 1. The molecule has 0 spiro atoms. The molecule has 4 heteroatoms. The van der Waals surface area contributed by atoms with Gasteiger partial charge in [-0.3, -0.25) is 0 Å². The Balaban J connectivity index is 2.18. The second kappa shape index (κ2) is 5.78. The molecule has 0 aromatic rings. The first-order chi connectivity index (χ1) is 6.74. The van der Waals surface area contributed by atoms with Crippen molar-refractivity contribution in [1.29, 1.82) is 0 Å². The normalized spacial score (nSPS) is 17.8. The van der Waals surface area contributed by atoms with Crippen molar-refractivity contribution < 1.29 is 19.0 Å². The van der Waals surface area contributed by atoms with E-state index >= 15 is 0 Å². The molecule has 0 unspecified atom stereocenters. The van der Waals surface area contributed by atoms with Crippen molar-refractivity contribution in [3.63, 3.8) is 0 Å². The summed E-state index contributed by atoms with van der Waals surface area (Å²) in [5, 5.41) is 0. The van der Waals surface area contributed by atoms with E-state index in [9.17, 15) is 4.79 Å². The Morgan fingerprint density at radius 1 is 1.50 bits per heavy atom. The van der Waals surface area contributed by atoms with Gasteiger partial charge in [-0.1, -0.05) is 6.58 Å². The minimum Gasteiger partial charge on any atom is -0.466 e. The third kappa shape index (κ3) is 3.47. The smallest absolute Gasteiger partial charge is 0.335 e. The lowest BCUT2D eigenvalue weighted by Crippen LogP contribution is -2.25. The number of hydrogen-bond donors (Lipinski definition) is 0. The quantitative estimate of drug-likeness (QED) is 0.500. The summed E-state index contributed by atoms with van der Waals surface area (Å²) in [6.07, 6.45) is 1.95. The van der Waals surface area contributed by atoms with Crippen LogP contribution in [0.15, 0.2) is 12.2 Å². The lowest BCUT2D eigenvalue weighted by atomic mass is 10.1. The summed E-state index contributed by atoms with van der Waals surface area (Å²) in [4.78, 5) is 11.0. The van der Waals surface area contributed by atoms with Gasteiger partial charge in [0.15, 0.2) is 0 Å². The zero-order valence-corrected chi connectivity index (χ0v) is 8.45. The fourth-order valence-electron chi connectivity index (χ4n) is 1.26. The maximum Gasteiger partial charge on any atom is 0.335 e. The highest BCUT2D eigenvalue weighted by Crippen LogP contribution is 2.11. The van der Waals surface area contributed by atoms with Crippen LogP contribution < -0.4 is 0 Å². The van der Waals surface area contributed by atoms with Gasteiger partial charge < -0.3 is 14.2 Å². The number of hydrogen-bond acceptors (Lipinski definition) is 4. The summed E-state index contributed by atoms with van der Waals surface area (Å²) in [7, 11) is 1.34. The van der Waals surface area contributed by atoms with Crippen LogP contribution in [0.3, 0.4) is 0 Å². The van der Waals surface area contributed by atoms with Gasteiger partial charge in [-0.15, -0.1) is 0 Å². The summed E-state index contributed by atoms with van der Waals surface area (Å²) in [5.74, 6) is -0.406. The van der Waals surface area contributed by atoms with Crippen LogP contribution in [0.2, 0.25) is 0 Å². The Hall–Kier alpha value is -0.870. The van der Waals surface area contributed by atoms with Crippen molar-refractivity contribution in [2.24, 2.45) is 0 Å². The minimum atomic E-state index is -0.406. The van der Waals surface area contributed by atoms with Crippen LogP contribution in [0.1, 0.15) is 12.8 Å². The summed E-state index contributed by atoms with van der Waals surface area (Å²) in [5.41, 5.74) is 0.360. The second-order valence-corrected chi connectivity index (χ2v) is 3.22. The lowest BCUT2D eigenvalue weighted by molar-refractivity contribution is -0.137. The number of ether oxygens (including phenoxy) is 3. The van der Waals surface area contributed by atoms with Gasteiger partial charge >= 0.3 is 5.97 Å². The van der Waals surface area contributed by atoms with E-state index in [1.54, 1.807) is 0 Å². The van der Waals surface area contributed by atoms with Crippen molar-refractivity contribution in [3.05, 3.63) is 12.2 Å². The van der Waals surface area contributed by atoms with E-state index in [0.29, 0.717) is 5.57 Å². The number of rotatable bonds is 4. The molecule has 14 heavy (non-hydrogen) atoms. The molecule has 0 aromatic heterocycles. The van der Waals surface area contributed by atoms with Crippen LogP contribution in [0.4, 0.5) is 0 Å². The molecule has 1 saturated heterocycles. The average Bonchev–Trinajstić information content (AvgIpc) is 2.26. The molecule has 0 aromatic carbocycles. The van der Waals surface area contributed by atoms with Crippen LogP contribution in [0.25, 0.3) is 0 Å². The summed E-state index contributed by atoms with van der Waals surface area (Å²) >= 11 is 0. The van der Waals surface area contributed by atoms with Gasteiger partial charge in [0.05, 0.1) is 25.4 Å². The van der Waals surface area contributed by atoms with Gasteiger partial charge in [0.2, 0.25) is 0 Å². The van der Waals surface area contributed by atoms with E-state index in [0.717, 1.165) is 26.1 Å². The standard InChI is InChI=1S/C10H16O4/c1-8(10(11)12-2)7-14-9-3-5-13-6-4-9/h9H,1,3-7H2,2H3. The molecule has 0 aliphatic carbocycles. The molecule has 4 nitrogen and oxygen atoms in total. The average molecular weight is 200 g/mol. The maximum absolute atomic E-state index is 11.0. The van der Waals surface area contributed by atoms with Crippen LogP contribution in [0, 0.1) is 0 Å². The van der Waals surface area contributed by atoms with Gasteiger partial charge in [0.25, 0.3) is 0 Å². The molecular weight excluding hydrogens is 184 g/mol. The molecule has 80 valence electrons. The fourth-order valence-corrected chi connectivity index (χ4v) is 1.26. The number of carbonyl (C=O) groups excluding carboxylic acids is 1. The van der Waals surface area contributed by atoms with E-state index in [4.69, 9.17) is 9.47 Å². The fraction of sp³-hybridized carbons (Fsp3) is 0.700. The Bertz CT molecular complexity index is 206. The minimum absolute atomic E-state index is 0.185. The van der Waals surface area contributed by atoms with Crippen molar-refractivity contribution in [1.82, 2.24) is 0 Å². The van der Waals surface area contributed by atoms with Crippen LogP contribution in [-0.4, -0.2) is 39.0 Å². The first kappa shape index (κ1) is 11.2. The second-order valence-electron chi connectivity index (χ2n) is 3.22. The highest BCUT2D eigenvalue weighted by atomic mass is 16.5. The van der Waals surface area contributed by atoms with Gasteiger partial charge in [-0.2, -0.15) is 0 Å². The Morgan fingerprint density at radius 3 is 2.71 bits per heavy atom. The zero-order chi connectivity index (χ0) is 10.4. The van der Waals surface area contributed by atoms with Gasteiger partial charge in [-0.05, 0) is 12.8 Å². The largest absolute Gasteiger partial charge is 0.466 e. The first-order valence-corrected chi connectivity index (χ1v) is 4.69. The highest BCUT2D eigenvalue weighted by molar-refractivity contribution is 5.87. The monoisotopic (exact) mass is 200 g/mol. The lowest BCUT2D eigenvalue weighted by Gasteiger charge is -2.22. The third-order valence-corrected chi connectivity index (χ3v) is 2.14. The summed E-state index contributed by atoms with van der Waals surface area (Å²) in [6, 6.07) is 0. The molecule has 1 fully saturated rings. The zero-order valence-electron chi connectivity index (χ0n) is 8.45. The van der Waals surface area contributed by atoms with Crippen LogP contribution >= 0.6 is 0 Å². The number of carbonyl (C=O) groups is 1. The maximum atomic E-state index is 11.0. The Kier molecular flexibility index (Phi) is 4.62. The SMILES string of the molecule is C=C(COC1CCOCC1)C(=O)OC. The summed E-state index contributed by atoms with van der Waals surface area (Å²) < 4.78 is 15.2. The van der Waals surface area contributed by atoms with Crippen molar-refractivity contribution in [2.75, 3.05) is 26.9 Å². The van der Waals surface area contributed by atoms with Gasteiger partial charge in [0, 0.05) is 13.2 Å². The molecule has 0 radical (unpaired) electrons. The van der Waals surface area contributed by atoms with E-state index in [1.165, 1.54) is 7.11 Å². The molecule has 1 aliphatic rings. The molecule has 0 N–H and O–H groups in total. The van der Waals surface area contributed by atoms with E-state index in [1.807, 2.05) is 0 Å². The Morgan fingerprint density at radius 2 is 2.14 bits per heavy atom. The molecule has 0 bridgehead atoms. The predicted molar refractivity (Wildman–Crippen MR) is 50.9 cm³/mol. The Labute approximate surface area is 83.8 Å². The molecule has 0 amide bonds. The van der Waals surface area contributed by atoms with E-state index in [-0.39, 0.29) is 12.7 Å². The van der Waals surface area contributed by atoms with Crippen molar-refractivity contribution >= 4 is 5.97 Å². The highest BCUT2D eigenvalue weighted by Gasteiger charge is 2.15. The van der Waals surface area contributed by atoms with Crippen molar-refractivity contribution in [3.8, 4) is 0 Å². The molecule has 1 rings (SSSR count). The first-order valence-electron chi connectivity index (χ1n) is 4.69. The van der Waals surface area contributed by atoms with E-state index < -0.39 is 5.97 Å².